The minimum atomic E-state index is 1.10. The molecule has 0 fully saturated rings. The molecule has 0 spiro atoms. The van der Waals surface area contributed by atoms with Crippen molar-refractivity contribution in [2.24, 2.45) is 0 Å². The molecule has 0 atom stereocenters. The molecule has 0 bridgehead atoms. The van der Waals surface area contributed by atoms with Gasteiger partial charge in [-0.2, -0.15) is 0 Å². The third kappa shape index (κ3) is 6.42. The summed E-state index contributed by atoms with van der Waals surface area (Å²) in [4.78, 5) is 4.63. The van der Waals surface area contributed by atoms with Crippen LogP contribution in [-0.4, -0.2) is 7.05 Å². The van der Waals surface area contributed by atoms with E-state index in [0.717, 1.165) is 22.7 Å². The number of nitrogens with zero attached hydrogens (tertiary/aromatic N) is 2. The zero-order valence-corrected chi connectivity index (χ0v) is 28.3. The lowest BCUT2D eigenvalue weighted by Gasteiger charge is -2.27. The maximum absolute atomic E-state index is 2.33. The van der Waals surface area contributed by atoms with Crippen LogP contribution in [0, 0.1) is 0 Å². The van der Waals surface area contributed by atoms with Crippen molar-refractivity contribution >= 4 is 50.0 Å². The Bertz CT molecular complexity index is 2190. The summed E-state index contributed by atoms with van der Waals surface area (Å²) in [6.07, 6.45) is 0. The number of hydrogen-bond donors (Lipinski definition) is 0. The number of benzene rings is 8. The van der Waals surface area contributed by atoms with E-state index >= 15 is 0 Å². The Morgan fingerprint density at radius 3 is 1.20 bits per heavy atom. The fourth-order valence-corrected chi connectivity index (χ4v) is 6.59. The predicted octanol–water partition coefficient (Wildman–Crippen LogP) is 13.6. The molecule has 0 saturated carbocycles. The van der Waals surface area contributed by atoms with Gasteiger partial charge in [-0.1, -0.05) is 147 Å². The lowest BCUT2D eigenvalue weighted by Crippen LogP contribution is -2.12. The van der Waals surface area contributed by atoms with Crippen molar-refractivity contribution in [3.63, 3.8) is 0 Å². The molecule has 0 heterocycles. The van der Waals surface area contributed by atoms with Crippen LogP contribution in [0.2, 0.25) is 0 Å². The van der Waals surface area contributed by atoms with Gasteiger partial charge in [0.25, 0.3) is 0 Å². The Morgan fingerprint density at radius 2 is 0.694 bits per heavy atom. The summed E-state index contributed by atoms with van der Waals surface area (Å²) in [6.45, 7) is 4.00. The molecule has 0 unspecified atom stereocenters. The van der Waals surface area contributed by atoms with Crippen LogP contribution in [0.4, 0.5) is 28.4 Å². The average Bonchev–Trinajstić information content (AvgIpc) is 3.20. The minimum Gasteiger partial charge on any atom is -0.344 e. The van der Waals surface area contributed by atoms with Gasteiger partial charge in [-0.05, 0) is 93.0 Å². The van der Waals surface area contributed by atoms with Gasteiger partial charge in [-0.15, -0.1) is 0 Å². The van der Waals surface area contributed by atoms with E-state index in [9.17, 15) is 0 Å². The Morgan fingerprint density at radius 1 is 0.327 bits per heavy atom. The highest BCUT2D eigenvalue weighted by molar-refractivity contribution is 6.13. The second-order valence-corrected chi connectivity index (χ2v) is 11.9. The highest BCUT2D eigenvalue weighted by atomic mass is 15.1. The normalized spacial score (nSPS) is 10.8. The van der Waals surface area contributed by atoms with E-state index in [2.05, 4.69) is 205 Å². The Labute approximate surface area is 290 Å². The van der Waals surface area contributed by atoms with Crippen LogP contribution in [0.5, 0.6) is 0 Å². The fourth-order valence-electron chi connectivity index (χ4n) is 6.59. The largest absolute Gasteiger partial charge is 0.344 e. The smallest absolute Gasteiger partial charge is 0.0494 e. The number of fused-ring (bicyclic) bond motifs is 3. The number of rotatable bonds is 7. The molecule has 2 nitrogen and oxygen atoms in total. The van der Waals surface area contributed by atoms with E-state index in [1.54, 1.807) is 0 Å². The molecule has 0 saturated heterocycles. The Kier molecular flexibility index (Phi) is 9.21. The third-order valence-corrected chi connectivity index (χ3v) is 9.07. The van der Waals surface area contributed by atoms with Crippen LogP contribution >= 0.6 is 0 Å². The van der Waals surface area contributed by atoms with Crippen LogP contribution in [0.3, 0.4) is 0 Å². The molecule has 8 aromatic rings. The summed E-state index contributed by atoms with van der Waals surface area (Å²) in [6, 6.07) is 67.4. The van der Waals surface area contributed by atoms with E-state index < -0.39 is 0 Å². The van der Waals surface area contributed by atoms with Crippen molar-refractivity contribution in [2.75, 3.05) is 16.8 Å². The molecule has 0 amide bonds. The molecule has 0 radical (unpaired) electrons. The van der Waals surface area contributed by atoms with Crippen LogP contribution < -0.4 is 9.80 Å². The first-order chi connectivity index (χ1) is 24.2. The van der Waals surface area contributed by atoms with Crippen LogP contribution in [-0.2, 0) is 0 Å². The monoisotopic (exact) mass is 632 g/mol. The SMILES string of the molecule is CC.CN(c1ccc(N(c2ccc(-c3ccccc3)cc2)c2ccc(-c3ccccc3)cc2)cc1)c1cc2ccccc2c2ccccc12. The zero-order valence-electron chi connectivity index (χ0n) is 28.3. The topological polar surface area (TPSA) is 6.48 Å². The molecular weight excluding hydrogens is 593 g/mol. The first-order valence-corrected chi connectivity index (χ1v) is 17.1. The standard InChI is InChI=1S/C45H34N2.C2H6/c1-46(45-32-37-16-8-9-17-42(37)43-18-10-11-19-44(43)45)38-28-30-41(31-29-38)47(39-24-20-35(21-25-39)33-12-4-2-5-13-33)40-26-22-36(23-27-40)34-14-6-3-7-15-34;1-2/h2-32H,1H3;1-2H3. The van der Waals surface area contributed by atoms with Gasteiger partial charge in [-0.25, -0.2) is 0 Å². The molecule has 0 aromatic heterocycles. The number of anilines is 5. The fraction of sp³-hybridized carbons (Fsp3) is 0.0638. The van der Waals surface area contributed by atoms with Crippen molar-refractivity contribution < 1.29 is 0 Å². The quantitative estimate of drug-likeness (QED) is 0.161. The van der Waals surface area contributed by atoms with E-state index in [4.69, 9.17) is 0 Å². The van der Waals surface area contributed by atoms with E-state index in [0.29, 0.717) is 0 Å². The molecule has 2 heteroatoms. The van der Waals surface area contributed by atoms with Gasteiger partial charge in [0, 0.05) is 40.9 Å². The first-order valence-electron chi connectivity index (χ1n) is 17.1. The summed E-state index contributed by atoms with van der Waals surface area (Å²) in [5.41, 5.74) is 10.5. The van der Waals surface area contributed by atoms with Gasteiger partial charge < -0.3 is 9.80 Å². The van der Waals surface area contributed by atoms with Gasteiger partial charge in [0.1, 0.15) is 0 Å². The second-order valence-electron chi connectivity index (χ2n) is 11.9. The van der Waals surface area contributed by atoms with Crippen molar-refractivity contribution in [1.82, 2.24) is 0 Å². The molecule has 0 N–H and O–H groups in total. The van der Waals surface area contributed by atoms with Gasteiger partial charge in [0.2, 0.25) is 0 Å². The van der Waals surface area contributed by atoms with Gasteiger partial charge in [-0.3, -0.25) is 0 Å². The molecular formula is C47H40N2. The Balaban J connectivity index is 0.00000186. The minimum absolute atomic E-state index is 1.10. The van der Waals surface area contributed by atoms with Gasteiger partial charge in [0.05, 0.1) is 0 Å². The summed E-state index contributed by atoms with van der Waals surface area (Å²) >= 11 is 0. The maximum atomic E-state index is 2.33. The Hall–Kier alpha value is -6.12. The first kappa shape index (κ1) is 31.5. The molecule has 0 aliphatic heterocycles. The van der Waals surface area contributed by atoms with Gasteiger partial charge in [0.15, 0.2) is 0 Å². The van der Waals surface area contributed by atoms with Crippen LogP contribution in [0.25, 0.3) is 43.8 Å². The van der Waals surface area contributed by atoms with Crippen molar-refractivity contribution in [3.05, 3.63) is 188 Å². The molecule has 8 rings (SSSR count). The number of hydrogen-bond acceptors (Lipinski definition) is 2. The maximum Gasteiger partial charge on any atom is 0.0494 e. The van der Waals surface area contributed by atoms with E-state index in [-0.39, 0.29) is 0 Å². The molecule has 8 aromatic carbocycles. The lowest BCUT2D eigenvalue weighted by atomic mass is 9.99. The molecule has 238 valence electrons. The summed E-state index contributed by atoms with van der Waals surface area (Å²) < 4.78 is 0. The molecule has 0 aliphatic rings. The highest BCUT2D eigenvalue weighted by Crippen LogP contribution is 2.40. The van der Waals surface area contributed by atoms with E-state index in [1.165, 1.54) is 49.5 Å². The molecule has 0 aliphatic carbocycles. The lowest BCUT2D eigenvalue weighted by molar-refractivity contribution is 1.21. The predicted molar refractivity (Wildman–Crippen MR) is 213 cm³/mol. The summed E-state index contributed by atoms with van der Waals surface area (Å²) in [5.74, 6) is 0. The van der Waals surface area contributed by atoms with Crippen molar-refractivity contribution in [1.29, 1.82) is 0 Å². The molecule has 49 heavy (non-hydrogen) atoms. The summed E-state index contributed by atoms with van der Waals surface area (Å²) in [5, 5.41) is 5.04. The third-order valence-electron chi connectivity index (χ3n) is 9.07. The summed E-state index contributed by atoms with van der Waals surface area (Å²) in [7, 11) is 2.16. The van der Waals surface area contributed by atoms with Crippen LogP contribution in [0.15, 0.2) is 188 Å². The van der Waals surface area contributed by atoms with Crippen LogP contribution in [0.1, 0.15) is 13.8 Å². The average molecular weight is 633 g/mol. The van der Waals surface area contributed by atoms with Crippen molar-refractivity contribution in [3.8, 4) is 22.3 Å². The van der Waals surface area contributed by atoms with E-state index in [1.807, 2.05) is 13.8 Å². The zero-order chi connectivity index (χ0) is 33.6. The van der Waals surface area contributed by atoms with Gasteiger partial charge >= 0.3 is 0 Å². The second kappa shape index (κ2) is 14.3. The highest BCUT2D eigenvalue weighted by Gasteiger charge is 2.16. The van der Waals surface area contributed by atoms with Crippen molar-refractivity contribution in [2.45, 2.75) is 13.8 Å².